The summed E-state index contributed by atoms with van der Waals surface area (Å²) < 4.78 is 5.78. The molecule has 1 atom stereocenters. The van der Waals surface area contributed by atoms with Gasteiger partial charge in [-0.3, -0.25) is 0 Å². The molecule has 3 heteroatoms. The number of thioether (sulfide) groups is 1. The molecule has 0 bridgehead atoms. The van der Waals surface area contributed by atoms with Gasteiger partial charge in [0.1, 0.15) is 5.75 Å². The second-order valence-electron chi connectivity index (χ2n) is 4.52. The molecule has 0 saturated heterocycles. The molecule has 96 valence electrons. The highest BCUT2D eigenvalue weighted by Gasteiger charge is 2.00. The maximum Gasteiger partial charge on any atom is 0.122 e. The van der Waals surface area contributed by atoms with Crippen LogP contribution in [-0.4, -0.2) is 24.2 Å². The van der Waals surface area contributed by atoms with Gasteiger partial charge < -0.3 is 10.5 Å². The summed E-state index contributed by atoms with van der Waals surface area (Å²) in [6, 6.07) is 6.61. The van der Waals surface area contributed by atoms with E-state index in [-0.39, 0.29) is 0 Å². The lowest BCUT2D eigenvalue weighted by Gasteiger charge is -2.10. The van der Waals surface area contributed by atoms with E-state index in [9.17, 15) is 0 Å². The Morgan fingerprint density at radius 1 is 1.35 bits per heavy atom. The zero-order valence-electron chi connectivity index (χ0n) is 11.0. The highest BCUT2D eigenvalue weighted by Crippen LogP contribution is 2.19. The van der Waals surface area contributed by atoms with Gasteiger partial charge in [0.05, 0.1) is 6.61 Å². The van der Waals surface area contributed by atoms with Crippen LogP contribution in [0.4, 0.5) is 0 Å². The van der Waals surface area contributed by atoms with Crippen molar-refractivity contribution in [3.05, 3.63) is 29.3 Å². The maximum absolute atomic E-state index is 5.78. The molecule has 0 amide bonds. The van der Waals surface area contributed by atoms with E-state index >= 15 is 0 Å². The van der Waals surface area contributed by atoms with E-state index in [2.05, 4.69) is 32.0 Å². The lowest BCUT2D eigenvalue weighted by molar-refractivity contribution is 0.316. The van der Waals surface area contributed by atoms with Crippen LogP contribution in [0.25, 0.3) is 0 Å². The lowest BCUT2D eigenvalue weighted by atomic mass is 10.1. The molecular weight excluding hydrogens is 230 g/mol. The number of rotatable bonds is 7. The van der Waals surface area contributed by atoms with Gasteiger partial charge in [-0.2, -0.15) is 11.8 Å². The third kappa shape index (κ3) is 5.99. The third-order valence-electron chi connectivity index (χ3n) is 2.41. The predicted octanol–water partition coefficient (Wildman–Crippen LogP) is 3.15. The fourth-order valence-corrected chi connectivity index (χ4v) is 2.34. The molecule has 0 aliphatic carbocycles. The zero-order valence-corrected chi connectivity index (χ0v) is 11.8. The molecule has 0 heterocycles. The summed E-state index contributed by atoms with van der Waals surface area (Å²) in [4.78, 5) is 0. The maximum atomic E-state index is 5.78. The highest BCUT2D eigenvalue weighted by molar-refractivity contribution is 7.99. The van der Waals surface area contributed by atoms with Crippen molar-refractivity contribution < 1.29 is 4.74 Å². The Hall–Kier alpha value is -0.670. The number of benzene rings is 1. The van der Waals surface area contributed by atoms with Gasteiger partial charge in [0.2, 0.25) is 0 Å². The Labute approximate surface area is 109 Å². The molecule has 0 aliphatic heterocycles. The van der Waals surface area contributed by atoms with Crippen molar-refractivity contribution in [2.24, 2.45) is 5.73 Å². The Balaban J connectivity index is 2.20. The van der Waals surface area contributed by atoms with E-state index in [0.29, 0.717) is 6.04 Å². The quantitative estimate of drug-likeness (QED) is 0.758. The first kappa shape index (κ1) is 14.4. The summed E-state index contributed by atoms with van der Waals surface area (Å²) in [5, 5.41) is 0. The third-order valence-corrected chi connectivity index (χ3v) is 3.75. The van der Waals surface area contributed by atoms with Crippen LogP contribution in [0.1, 0.15) is 24.5 Å². The molecule has 1 aromatic rings. The van der Waals surface area contributed by atoms with Gasteiger partial charge in [-0.15, -0.1) is 0 Å². The standard InChI is InChI=1S/C14H23NOS/c1-11-5-6-12(2)14(9-11)16-7-4-8-17-10-13(3)15/h5-6,9,13H,4,7-8,10,15H2,1-3H3. The average Bonchev–Trinajstić information content (AvgIpc) is 2.27. The van der Waals surface area contributed by atoms with Gasteiger partial charge in [0.15, 0.2) is 0 Å². The van der Waals surface area contributed by atoms with Crippen LogP contribution in [0.2, 0.25) is 0 Å². The van der Waals surface area contributed by atoms with Gasteiger partial charge in [0.25, 0.3) is 0 Å². The first-order valence-corrected chi connectivity index (χ1v) is 7.28. The second-order valence-corrected chi connectivity index (χ2v) is 5.67. The summed E-state index contributed by atoms with van der Waals surface area (Å²) >= 11 is 1.90. The second kappa shape index (κ2) is 7.62. The van der Waals surface area contributed by atoms with E-state index in [1.54, 1.807) is 0 Å². The van der Waals surface area contributed by atoms with Crippen molar-refractivity contribution in [1.82, 2.24) is 0 Å². The van der Waals surface area contributed by atoms with Crippen molar-refractivity contribution in [2.75, 3.05) is 18.1 Å². The fraction of sp³-hybridized carbons (Fsp3) is 0.571. The van der Waals surface area contributed by atoms with Crippen LogP contribution in [-0.2, 0) is 0 Å². The first-order valence-electron chi connectivity index (χ1n) is 6.13. The molecule has 0 aromatic heterocycles. The zero-order chi connectivity index (χ0) is 12.7. The smallest absolute Gasteiger partial charge is 0.122 e. The molecule has 1 aromatic carbocycles. The van der Waals surface area contributed by atoms with Crippen molar-refractivity contribution in [2.45, 2.75) is 33.2 Å². The highest BCUT2D eigenvalue weighted by atomic mass is 32.2. The Morgan fingerprint density at radius 3 is 2.82 bits per heavy atom. The van der Waals surface area contributed by atoms with Crippen molar-refractivity contribution in [1.29, 1.82) is 0 Å². The molecule has 0 aliphatic rings. The van der Waals surface area contributed by atoms with Crippen LogP contribution in [0.3, 0.4) is 0 Å². The predicted molar refractivity (Wildman–Crippen MR) is 77.0 cm³/mol. The summed E-state index contributed by atoms with van der Waals surface area (Å²) in [7, 11) is 0. The number of ether oxygens (including phenoxy) is 1. The molecule has 0 fully saturated rings. The van der Waals surface area contributed by atoms with E-state index < -0.39 is 0 Å². The topological polar surface area (TPSA) is 35.2 Å². The molecule has 0 saturated carbocycles. The Morgan fingerprint density at radius 2 is 2.12 bits per heavy atom. The van der Waals surface area contributed by atoms with Crippen LogP contribution in [0, 0.1) is 13.8 Å². The number of hydrogen-bond donors (Lipinski definition) is 1. The van der Waals surface area contributed by atoms with Crippen molar-refractivity contribution >= 4 is 11.8 Å². The summed E-state index contributed by atoms with van der Waals surface area (Å²) in [5.74, 6) is 3.16. The monoisotopic (exact) mass is 253 g/mol. The fourth-order valence-electron chi connectivity index (χ4n) is 1.48. The van der Waals surface area contributed by atoms with E-state index in [0.717, 1.165) is 30.3 Å². The summed E-state index contributed by atoms with van der Waals surface area (Å²) in [5.41, 5.74) is 8.14. The SMILES string of the molecule is Cc1ccc(C)c(OCCCSCC(C)N)c1. The molecule has 2 N–H and O–H groups in total. The molecule has 0 spiro atoms. The van der Waals surface area contributed by atoms with Crippen LogP contribution < -0.4 is 10.5 Å². The van der Waals surface area contributed by atoms with Gasteiger partial charge in [-0.25, -0.2) is 0 Å². The first-order chi connectivity index (χ1) is 8.09. The minimum atomic E-state index is 0.292. The average molecular weight is 253 g/mol. The van der Waals surface area contributed by atoms with Crippen molar-refractivity contribution in [3.63, 3.8) is 0 Å². The molecule has 1 unspecified atom stereocenters. The van der Waals surface area contributed by atoms with Gasteiger partial charge in [0, 0.05) is 11.8 Å². The number of nitrogens with two attached hydrogens (primary N) is 1. The molecule has 0 radical (unpaired) electrons. The van der Waals surface area contributed by atoms with Gasteiger partial charge in [-0.1, -0.05) is 12.1 Å². The molecule has 17 heavy (non-hydrogen) atoms. The summed E-state index contributed by atoms with van der Waals surface area (Å²) in [6.45, 7) is 7.00. The minimum absolute atomic E-state index is 0.292. The normalized spacial score (nSPS) is 12.5. The number of hydrogen-bond acceptors (Lipinski definition) is 3. The van der Waals surface area contributed by atoms with Gasteiger partial charge >= 0.3 is 0 Å². The molecular formula is C14H23NOS. The van der Waals surface area contributed by atoms with E-state index in [1.807, 2.05) is 18.7 Å². The molecule has 1 rings (SSSR count). The Bertz CT molecular complexity index is 339. The number of aryl methyl sites for hydroxylation is 2. The van der Waals surface area contributed by atoms with E-state index in [4.69, 9.17) is 10.5 Å². The van der Waals surface area contributed by atoms with Crippen LogP contribution in [0.15, 0.2) is 18.2 Å². The lowest BCUT2D eigenvalue weighted by Crippen LogP contribution is -2.17. The Kier molecular flexibility index (Phi) is 6.45. The van der Waals surface area contributed by atoms with Crippen molar-refractivity contribution in [3.8, 4) is 5.75 Å². The largest absolute Gasteiger partial charge is 0.493 e. The van der Waals surface area contributed by atoms with Gasteiger partial charge in [-0.05, 0) is 50.1 Å². The minimum Gasteiger partial charge on any atom is -0.493 e. The molecule has 2 nitrogen and oxygen atoms in total. The summed E-state index contributed by atoms with van der Waals surface area (Å²) in [6.07, 6.45) is 1.07. The van der Waals surface area contributed by atoms with E-state index in [1.165, 1.54) is 11.1 Å². The van der Waals surface area contributed by atoms with Crippen LogP contribution >= 0.6 is 11.8 Å². The van der Waals surface area contributed by atoms with Crippen LogP contribution in [0.5, 0.6) is 5.75 Å².